The Kier molecular flexibility index (Phi) is 2.11. The lowest BCUT2D eigenvalue weighted by Crippen LogP contribution is -1.98. The molecule has 0 aromatic carbocycles. The summed E-state index contributed by atoms with van der Waals surface area (Å²) in [7, 11) is 0. The Morgan fingerprint density at radius 2 is 2.00 bits per heavy atom. The first-order valence-electron chi connectivity index (χ1n) is 5.36. The molecule has 5 heteroatoms. The molecule has 3 aromatic rings. The predicted molar refractivity (Wildman–Crippen MR) is 63.5 cm³/mol. The molecular formula is C12H11N5. The van der Waals surface area contributed by atoms with E-state index in [1.165, 1.54) is 0 Å². The van der Waals surface area contributed by atoms with Gasteiger partial charge in [-0.2, -0.15) is 0 Å². The van der Waals surface area contributed by atoms with Crippen LogP contribution >= 0.6 is 0 Å². The Morgan fingerprint density at radius 3 is 2.76 bits per heavy atom. The van der Waals surface area contributed by atoms with Gasteiger partial charge in [0.05, 0.1) is 0 Å². The highest BCUT2D eigenvalue weighted by molar-refractivity contribution is 5.53. The van der Waals surface area contributed by atoms with Crippen molar-refractivity contribution < 1.29 is 0 Å². The molecule has 0 aliphatic rings. The van der Waals surface area contributed by atoms with Crippen LogP contribution in [0.2, 0.25) is 0 Å². The molecular weight excluding hydrogens is 214 g/mol. The molecule has 0 saturated heterocycles. The molecule has 3 heterocycles. The second-order valence-electron chi connectivity index (χ2n) is 3.91. The molecule has 0 saturated carbocycles. The Balaban J connectivity index is 2.32. The number of pyridine rings is 1. The van der Waals surface area contributed by atoms with E-state index in [2.05, 4.69) is 20.2 Å². The van der Waals surface area contributed by atoms with Crippen LogP contribution in [0.4, 0.5) is 0 Å². The zero-order valence-electron chi connectivity index (χ0n) is 9.62. The molecule has 0 fully saturated rings. The van der Waals surface area contributed by atoms with Gasteiger partial charge >= 0.3 is 0 Å². The Labute approximate surface area is 98.2 Å². The minimum absolute atomic E-state index is 0.614. The van der Waals surface area contributed by atoms with Crippen LogP contribution < -0.4 is 0 Å². The van der Waals surface area contributed by atoms with Crippen molar-refractivity contribution >= 4 is 5.78 Å². The molecule has 0 radical (unpaired) electrons. The third kappa shape index (κ3) is 1.56. The van der Waals surface area contributed by atoms with Crippen molar-refractivity contribution in [1.82, 2.24) is 24.6 Å². The second-order valence-corrected chi connectivity index (χ2v) is 3.91. The molecule has 0 atom stereocenters. The number of rotatable bonds is 1. The number of hydrogen-bond acceptors (Lipinski definition) is 4. The summed E-state index contributed by atoms with van der Waals surface area (Å²) < 4.78 is 1.91. The maximum absolute atomic E-state index is 4.34. The lowest BCUT2D eigenvalue weighted by molar-refractivity contribution is 1.01. The standard InChI is InChI=1S/C12H11N5/c1-8-7-9(2)17-11(15-16-12(17)14-8)10-5-3-4-6-13-10/h3-7H,1-2H3. The van der Waals surface area contributed by atoms with Gasteiger partial charge in [-0.05, 0) is 32.0 Å². The topological polar surface area (TPSA) is 56.0 Å². The van der Waals surface area contributed by atoms with Crippen molar-refractivity contribution in [2.75, 3.05) is 0 Å². The van der Waals surface area contributed by atoms with E-state index in [-0.39, 0.29) is 0 Å². The molecule has 17 heavy (non-hydrogen) atoms. The zero-order chi connectivity index (χ0) is 11.8. The Bertz CT molecular complexity index is 672. The quantitative estimate of drug-likeness (QED) is 0.633. The van der Waals surface area contributed by atoms with Crippen molar-refractivity contribution in [3.8, 4) is 11.5 Å². The largest absolute Gasteiger partial charge is 0.262 e. The third-order valence-electron chi connectivity index (χ3n) is 2.59. The van der Waals surface area contributed by atoms with Gasteiger partial charge in [-0.15, -0.1) is 10.2 Å². The van der Waals surface area contributed by atoms with Gasteiger partial charge in [0.1, 0.15) is 5.69 Å². The maximum Gasteiger partial charge on any atom is 0.255 e. The van der Waals surface area contributed by atoms with Gasteiger partial charge in [0.25, 0.3) is 5.78 Å². The van der Waals surface area contributed by atoms with Gasteiger partial charge < -0.3 is 0 Å². The fraction of sp³-hybridized carbons (Fsp3) is 0.167. The van der Waals surface area contributed by atoms with Gasteiger partial charge in [0, 0.05) is 17.6 Å². The Morgan fingerprint density at radius 1 is 1.12 bits per heavy atom. The molecule has 0 bridgehead atoms. The van der Waals surface area contributed by atoms with E-state index in [1.54, 1.807) is 6.20 Å². The monoisotopic (exact) mass is 225 g/mol. The van der Waals surface area contributed by atoms with E-state index in [4.69, 9.17) is 0 Å². The van der Waals surface area contributed by atoms with E-state index >= 15 is 0 Å². The zero-order valence-corrected chi connectivity index (χ0v) is 9.62. The average molecular weight is 225 g/mol. The number of nitrogens with zero attached hydrogens (tertiary/aromatic N) is 5. The highest BCUT2D eigenvalue weighted by atomic mass is 15.3. The molecule has 5 nitrogen and oxygen atoms in total. The summed E-state index contributed by atoms with van der Waals surface area (Å²) in [6.45, 7) is 3.96. The summed E-state index contributed by atoms with van der Waals surface area (Å²) in [5.41, 5.74) is 2.79. The van der Waals surface area contributed by atoms with E-state index in [9.17, 15) is 0 Å². The third-order valence-corrected chi connectivity index (χ3v) is 2.59. The number of aromatic nitrogens is 5. The normalized spacial score (nSPS) is 10.9. The first kappa shape index (κ1) is 9.89. The first-order valence-corrected chi connectivity index (χ1v) is 5.36. The molecule has 0 unspecified atom stereocenters. The van der Waals surface area contributed by atoms with E-state index < -0.39 is 0 Å². The van der Waals surface area contributed by atoms with Gasteiger partial charge in [0.15, 0.2) is 5.82 Å². The summed E-state index contributed by atoms with van der Waals surface area (Å²) >= 11 is 0. The van der Waals surface area contributed by atoms with Crippen LogP contribution in [0.25, 0.3) is 17.3 Å². The minimum Gasteiger partial charge on any atom is -0.262 e. The molecule has 0 aliphatic carbocycles. The lowest BCUT2D eigenvalue weighted by Gasteiger charge is -2.03. The predicted octanol–water partition coefficient (Wildman–Crippen LogP) is 1.80. The molecule has 0 N–H and O–H groups in total. The molecule has 84 valence electrons. The van der Waals surface area contributed by atoms with Crippen LogP contribution in [0.5, 0.6) is 0 Å². The molecule has 0 spiro atoms. The van der Waals surface area contributed by atoms with Crippen LogP contribution in [0.15, 0.2) is 30.5 Å². The minimum atomic E-state index is 0.614. The number of hydrogen-bond donors (Lipinski definition) is 0. The van der Waals surface area contributed by atoms with Crippen molar-refractivity contribution in [2.24, 2.45) is 0 Å². The van der Waals surface area contributed by atoms with Crippen molar-refractivity contribution in [3.05, 3.63) is 41.9 Å². The van der Waals surface area contributed by atoms with Gasteiger partial charge in [0.2, 0.25) is 0 Å². The smallest absolute Gasteiger partial charge is 0.255 e. The first-order chi connectivity index (χ1) is 8.25. The van der Waals surface area contributed by atoms with Crippen LogP contribution in [0.1, 0.15) is 11.4 Å². The molecule has 3 rings (SSSR count). The van der Waals surface area contributed by atoms with Gasteiger partial charge in [-0.1, -0.05) is 6.07 Å². The van der Waals surface area contributed by atoms with Crippen molar-refractivity contribution in [3.63, 3.8) is 0 Å². The average Bonchev–Trinajstić information content (AvgIpc) is 2.74. The van der Waals surface area contributed by atoms with Crippen LogP contribution in [0, 0.1) is 13.8 Å². The highest BCUT2D eigenvalue weighted by Crippen LogP contribution is 2.16. The van der Waals surface area contributed by atoms with Crippen molar-refractivity contribution in [2.45, 2.75) is 13.8 Å². The summed E-state index contributed by atoms with van der Waals surface area (Å²) in [5.74, 6) is 1.34. The summed E-state index contributed by atoms with van der Waals surface area (Å²) in [4.78, 5) is 8.63. The number of aryl methyl sites for hydroxylation is 2. The molecule has 0 aliphatic heterocycles. The lowest BCUT2D eigenvalue weighted by atomic mass is 10.3. The van der Waals surface area contributed by atoms with E-state index in [0.29, 0.717) is 5.78 Å². The van der Waals surface area contributed by atoms with E-state index in [0.717, 1.165) is 22.9 Å². The summed E-state index contributed by atoms with van der Waals surface area (Å²) in [5, 5.41) is 8.23. The van der Waals surface area contributed by atoms with Crippen molar-refractivity contribution in [1.29, 1.82) is 0 Å². The van der Waals surface area contributed by atoms with Gasteiger partial charge in [-0.25, -0.2) is 4.98 Å². The van der Waals surface area contributed by atoms with Gasteiger partial charge in [-0.3, -0.25) is 9.38 Å². The maximum atomic E-state index is 4.34. The van der Waals surface area contributed by atoms with Crippen LogP contribution in [0.3, 0.4) is 0 Å². The number of fused-ring (bicyclic) bond motifs is 1. The second kappa shape index (κ2) is 3.62. The Hall–Kier alpha value is -2.30. The van der Waals surface area contributed by atoms with Crippen LogP contribution in [-0.4, -0.2) is 24.6 Å². The SMILES string of the molecule is Cc1cc(C)n2c(-c3ccccn3)nnc2n1. The summed E-state index contributed by atoms with van der Waals surface area (Å²) in [6.07, 6.45) is 1.74. The summed E-state index contributed by atoms with van der Waals surface area (Å²) in [6, 6.07) is 7.72. The van der Waals surface area contributed by atoms with Crippen LogP contribution in [-0.2, 0) is 0 Å². The molecule has 3 aromatic heterocycles. The highest BCUT2D eigenvalue weighted by Gasteiger charge is 2.11. The van der Waals surface area contributed by atoms with E-state index in [1.807, 2.05) is 42.5 Å². The fourth-order valence-corrected chi connectivity index (χ4v) is 1.89. The molecule has 0 amide bonds. The fourth-order valence-electron chi connectivity index (χ4n) is 1.89.